The Balaban J connectivity index is 2.19. The van der Waals surface area contributed by atoms with E-state index in [0.29, 0.717) is 18.3 Å². The molecule has 100 valence electrons. The second kappa shape index (κ2) is 5.51. The third-order valence-corrected chi connectivity index (χ3v) is 2.73. The van der Waals surface area contributed by atoms with Crippen molar-refractivity contribution in [2.24, 2.45) is 0 Å². The molecule has 0 saturated carbocycles. The van der Waals surface area contributed by atoms with Crippen molar-refractivity contribution in [1.82, 2.24) is 10.1 Å². The van der Waals surface area contributed by atoms with Gasteiger partial charge in [0.2, 0.25) is 11.7 Å². The van der Waals surface area contributed by atoms with Gasteiger partial charge in [0.1, 0.15) is 6.54 Å². The van der Waals surface area contributed by atoms with E-state index in [9.17, 15) is 4.79 Å². The van der Waals surface area contributed by atoms with Gasteiger partial charge in [-0.2, -0.15) is 4.98 Å². The van der Waals surface area contributed by atoms with E-state index in [4.69, 9.17) is 9.63 Å². The Morgan fingerprint density at radius 3 is 2.53 bits per heavy atom. The minimum atomic E-state index is -0.847. The maximum Gasteiger partial charge on any atom is 0.323 e. The predicted molar refractivity (Wildman–Crippen MR) is 70.0 cm³/mol. The minimum Gasteiger partial charge on any atom is -0.480 e. The van der Waals surface area contributed by atoms with Crippen molar-refractivity contribution >= 4 is 11.7 Å². The van der Waals surface area contributed by atoms with Crippen molar-refractivity contribution in [3.05, 3.63) is 30.2 Å². The molecule has 6 nitrogen and oxygen atoms in total. The summed E-state index contributed by atoms with van der Waals surface area (Å²) in [6.45, 7) is 4.26. The predicted octanol–water partition coefficient (Wildman–Crippen LogP) is 1.96. The normalized spacial score (nSPS) is 10.4. The molecule has 0 atom stereocenters. The topological polar surface area (TPSA) is 79.5 Å². The highest BCUT2D eigenvalue weighted by Crippen LogP contribution is 2.20. The van der Waals surface area contributed by atoms with Crippen LogP contribution in [0, 0.1) is 6.92 Å². The first-order valence-corrected chi connectivity index (χ1v) is 5.97. The molecule has 0 unspecified atom stereocenters. The first kappa shape index (κ1) is 13.1. The summed E-state index contributed by atoms with van der Waals surface area (Å²) >= 11 is 0. The van der Waals surface area contributed by atoms with Gasteiger partial charge in [-0.25, -0.2) is 0 Å². The van der Waals surface area contributed by atoms with E-state index >= 15 is 0 Å². The van der Waals surface area contributed by atoms with E-state index in [2.05, 4.69) is 10.1 Å². The van der Waals surface area contributed by atoms with Crippen LogP contribution in [0.4, 0.5) is 5.69 Å². The molecular formula is C13H15N3O3. The van der Waals surface area contributed by atoms with E-state index in [0.717, 1.165) is 11.3 Å². The molecule has 1 heterocycles. The molecule has 1 aromatic heterocycles. The lowest BCUT2D eigenvalue weighted by molar-refractivity contribution is -0.135. The summed E-state index contributed by atoms with van der Waals surface area (Å²) < 4.78 is 4.92. The molecule has 0 fully saturated rings. The Bertz CT molecular complexity index is 563. The van der Waals surface area contributed by atoms with Gasteiger partial charge >= 0.3 is 5.97 Å². The average molecular weight is 261 g/mol. The fourth-order valence-corrected chi connectivity index (χ4v) is 1.79. The SMILES string of the molecule is CCN(CC(=O)O)c1ccc(-c2noc(C)n2)cc1. The fraction of sp³-hybridized carbons (Fsp3) is 0.308. The summed E-state index contributed by atoms with van der Waals surface area (Å²) in [5.41, 5.74) is 1.70. The number of aliphatic carboxylic acids is 1. The van der Waals surface area contributed by atoms with E-state index < -0.39 is 5.97 Å². The van der Waals surface area contributed by atoms with Crippen LogP contribution in [-0.4, -0.2) is 34.3 Å². The number of anilines is 1. The second-order valence-corrected chi connectivity index (χ2v) is 4.09. The molecule has 0 aliphatic rings. The molecular weight excluding hydrogens is 246 g/mol. The molecule has 0 saturated heterocycles. The highest BCUT2D eigenvalue weighted by atomic mass is 16.5. The summed E-state index contributed by atoms with van der Waals surface area (Å²) in [4.78, 5) is 16.7. The number of aryl methyl sites for hydroxylation is 1. The van der Waals surface area contributed by atoms with Gasteiger partial charge < -0.3 is 14.5 Å². The Hall–Kier alpha value is -2.37. The standard InChI is InChI=1S/C13H15N3O3/c1-3-16(8-12(17)18)11-6-4-10(5-7-11)13-14-9(2)19-15-13/h4-7H,3,8H2,1-2H3,(H,17,18). The zero-order chi connectivity index (χ0) is 13.8. The van der Waals surface area contributed by atoms with E-state index in [-0.39, 0.29) is 6.54 Å². The quantitative estimate of drug-likeness (QED) is 0.886. The largest absolute Gasteiger partial charge is 0.480 e. The number of rotatable bonds is 5. The molecule has 0 spiro atoms. The molecule has 1 aromatic carbocycles. The number of benzene rings is 1. The molecule has 19 heavy (non-hydrogen) atoms. The van der Waals surface area contributed by atoms with Crippen LogP contribution in [0.3, 0.4) is 0 Å². The Morgan fingerprint density at radius 1 is 1.37 bits per heavy atom. The number of carboxylic acid groups (broad SMARTS) is 1. The molecule has 6 heteroatoms. The maximum absolute atomic E-state index is 10.8. The Labute approximate surface area is 110 Å². The molecule has 0 aliphatic carbocycles. The van der Waals surface area contributed by atoms with Crippen molar-refractivity contribution in [2.75, 3.05) is 18.0 Å². The van der Waals surface area contributed by atoms with E-state index in [1.165, 1.54) is 0 Å². The Kier molecular flexibility index (Phi) is 3.79. The van der Waals surface area contributed by atoms with E-state index in [1.807, 2.05) is 31.2 Å². The molecule has 0 aliphatic heterocycles. The summed E-state index contributed by atoms with van der Waals surface area (Å²) in [5.74, 6) is 0.199. The lowest BCUT2D eigenvalue weighted by Gasteiger charge is -2.20. The number of carbonyl (C=O) groups is 1. The highest BCUT2D eigenvalue weighted by Gasteiger charge is 2.10. The second-order valence-electron chi connectivity index (χ2n) is 4.09. The van der Waals surface area contributed by atoms with Gasteiger partial charge in [0.05, 0.1) is 0 Å². The van der Waals surface area contributed by atoms with Crippen molar-refractivity contribution in [2.45, 2.75) is 13.8 Å². The van der Waals surface area contributed by atoms with Gasteiger partial charge in [0, 0.05) is 24.7 Å². The van der Waals surface area contributed by atoms with Crippen LogP contribution in [0.25, 0.3) is 11.4 Å². The molecule has 0 radical (unpaired) electrons. The summed E-state index contributed by atoms with van der Waals surface area (Å²) in [6.07, 6.45) is 0. The maximum atomic E-state index is 10.8. The van der Waals surface area contributed by atoms with Gasteiger partial charge in [0.25, 0.3) is 0 Å². The number of carboxylic acids is 1. The molecule has 0 bridgehead atoms. The third kappa shape index (κ3) is 3.09. The number of hydrogen-bond donors (Lipinski definition) is 1. The van der Waals surface area contributed by atoms with Crippen LogP contribution >= 0.6 is 0 Å². The van der Waals surface area contributed by atoms with Crippen molar-refractivity contribution in [1.29, 1.82) is 0 Å². The van der Waals surface area contributed by atoms with Crippen LogP contribution in [0.1, 0.15) is 12.8 Å². The lowest BCUT2D eigenvalue weighted by Crippen LogP contribution is -2.29. The van der Waals surface area contributed by atoms with Crippen molar-refractivity contribution in [3.63, 3.8) is 0 Å². The van der Waals surface area contributed by atoms with Crippen LogP contribution in [-0.2, 0) is 4.79 Å². The summed E-state index contributed by atoms with van der Waals surface area (Å²) in [6, 6.07) is 7.41. The number of likely N-dealkylation sites (N-methyl/N-ethyl adjacent to an activating group) is 1. The Morgan fingerprint density at radius 2 is 2.05 bits per heavy atom. The summed E-state index contributed by atoms with van der Waals surface area (Å²) in [5, 5.41) is 12.7. The van der Waals surface area contributed by atoms with Gasteiger partial charge in [-0.1, -0.05) is 5.16 Å². The van der Waals surface area contributed by atoms with Crippen LogP contribution in [0.15, 0.2) is 28.8 Å². The average Bonchev–Trinajstić information content (AvgIpc) is 2.83. The van der Waals surface area contributed by atoms with Crippen molar-refractivity contribution in [3.8, 4) is 11.4 Å². The number of aromatic nitrogens is 2. The smallest absolute Gasteiger partial charge is 0.323 e. The van der Waals surface area contributed by atoms with Gasteiger partial charge in [0.15, 0.2) is 0 Å². The first-order valence-electron chi connectivity index (χ1n) is 5.97. The van der Waals surface area contributed by atoms with Crippen LogP contribution < -0.4 is 4.90 Å². The monoisotopic (exact) mass is 261 g/mol. The van der Waals surface area contributed by atoms with Gasteiger partial charge in [-0.15, -0.1) is 0 Å². The zero-order valence-electron chi connectivity index (χ0n) is 10.8. The lowest BCUT2D eigenvalue weighted by atomic mass is 10.2. The van der Waals surface area contributed by atoms with Crippen LogP contribution in [0.5, 0.6) is 0 Å². The van der Waals surface area contributed by atoms with Crippen LogP contribution in [0.2, 0.25) is 0 Å². The third-order valence-electron chi connectivity index (χ3n) is 2.73. The zero-order valence-corrected chi connectivity index (χ0v) is 10.8. The highest BCUT2D eigenvalue weighted by molar-refractivity contribution is 5.74. The van der Waals surface area contributed by atoms with Gasteiger partial charge in [-0.05, 0) is 31.2 Å². The molecule has 2 aromatic rings. The first-order chi connectivity index (χ1) is 9.10. The number of nitrogens with zero attached hydrogens (tertiary/aromatic N) is 3. The molecule has 0 amide bonds. The number of hydrogen-bond acceptors (Lipinski definition) is 5. The summed E-state index contributed by atoms with van der Waals surface area (Å²) in [7, 11) is 0. The van der Waals surface area contributed by atoms with Gasteiger partial charge in [-0.3, -0.25) is 4.79 Å². The van der Waals surface area contributed by atoms with E-state index in [1.54, 1.807) is 11.8 Å². The minimum absolute atomic E-state index is 0.0167. The molecule has 1 N–H and O–H groups in total. The fourth-order valence-electron chi connectivity index (χ4n) is 1.79. The molecule has 2 rings (SSSR count). The van der Waals surface area contributed by atoms with Crippen molar-refractivity contribution < 1.29 is 14.4 Å².